The number of methoxy groups -OCH3 is 1. The number of aromatic nitrogens is 2. The van der Waals surface area contributed by atoms with Crippen molar-refractivity contribution >= 4 is 0 Å². The van der Waals surface area contributed by atoms with Gasteiger partial charge in [0.15, 0.2) is 0 Å². The highest BCUT2D eigenvalue weighted by Crippen LogP contribution is 2.20. The van der Waals surface area contributed by atoms with Gasteiger partial charge in [-0.2, -0.15) is 4.98 Å². The molecule has 1 heterocycles. The Balaban J connectivity index is 2.70. The second kappa shape index (κ2) is 5.79. The molecule has 2 unspecified atom stereocenters. The average molecular weight is 215 g/mol. The van der Waals surface area contributed by atoms with Gasteiger partial charge in [-0.25, -0.2) is 0 Å². The molecule has 2 atom stereocenters. The van der Waals surface area contributed by atoms with Crippen molar-refractivity contribution in [3.05, 3.63) is 11.7 Å². The molecule has 6 nitrogen and oxygen atoms in total. The summed E-state index contributed by atoms with van der Waals surface area (Å²) in [4.78, 5) is 4.06. The van der Waals surface area contributed by atoms with E-state index in [1.807, 2.05) is 6.92 Å². The standard InChI is InChI=1S/C9H17N3O3/c1-3-7(14-2)8-11-9(15-12-8)6(13)4-5-10/h6-7,13H,3-5,10H2,1-2H3. The fourth-order valence-corrected chi connectivity index (χ4v) is 1.25. The zero-order valence-electron chi connectivity index (χ0n) is 9.01. The molecule has 0 bridgehead atoms. The van der Waals surface area contributed by atoms with Gasteiger partial charge >= 0.3 is 0 Å². The molecule has 3 N–H and O–H groups in total. The van der Waals surface area contributed by atoms with Gasteiger partial charge in [0, 0.05) is 7.11 Å². The lowest BCUT2D eigenvalue weighted by Gasteiger charge is -2.06. The van der Waals surface area contributed by atoms with E-state index in [1.54, 1.807) is 7.11 Å². The third-order valence-electron chi connectivity index (χ3n) is 2.13. The van der Waals surface area contributed by atoms with Gasteiger partial charge in [0.25, 0.3) is 5.89 Å². The van der Waals surface area contributed by atoms with Crippen molar-refractivity contribution in [3.63, 3.8) is 0 Å². The molecule has 6 heteroatoms. The van der Waals surface area contributed by atoms with Crippen LogP contribution in [0.3, 0.4) is 0 Å². The van der Waals surface area contributed by atoms with Crippen molar-refractivity contribution < 1.29 is 14.4 Å². The number of nitrogens with two attached hydrogens (primary N) is 1. The largest absolute Gasteiger partial charge is 0.383 e. The molecule has 0 saturated heterocycles. The van der Waals surface area contributed by atoms with Crippen LogP contribution < -0.4 is 5.73 Å². The van der Waals surface area contributed by atoms with Crippen LogP contribution in [0.15, 0.2) is 4.52 Å². The molecular formula is C9H17N3O3. The Labute approximate surface area is 88.4 Å². The highest BCUT2D eigenvalue weighted by molar-refractivity contribution is 4.93. The highest BCUT2D eigenvalue weighted by atomic mass is 16.5. The Morgan fingerprint density at radius 2 is 2.33 bits per heavy atom. The lowest BCUT2D eigenvalue weighted by atomic mass is 10.2. The number of aliphatic hydroxyl groups excluding tert-OH is 1. The van der Waals surface area contributed by atoms with E-state index in [-0.39, 0.29) is 12.0 Å². The monoisotopic (exact) mass is 215 g/mol. The Morgan fingerprint density at radius 3 is 2.87 bits per heavy atom. The molecular weight excluding hydrogens is 198 g/mol. The number of hydrogen-bond donors (Lipinski definition) is 2. The fourth-order valence-electron chi connectivity index (χ4n) is 1.25. The minimum absolute atomic E-state index is 0.187. The molecule has 0 radical (unpaired) electrons. The average Bonchev–Trinajstić information content (AvgIpc) is 2.69. The molecule has 0 aromatic carbocycles. The van der Waals surface area contributed by atoms with Crippen LogP contribution in [0.4, 0.5) is 0 Å². The molecule has 0 aliphatic heterocycles. The van der Waals surface area contributed by atoms with Crippen LogP contribution in [-0.2, 0) is 4.74 Å². The molecule has 0 aliphatic carbocycles. The molecule has 0 aliphatic rings. The molecule has 86 valence electrons. The van der Waals surface area contributed by atoms with E-state index < -0.39 is 6.10 Å². The maximum absolute atomic E-state index is 9.54. The second-order valence-electron chi connectivity index (χ2n) is 3.22. The number of hydrogen-bond acceptors (Lipinski definition) is 6. The summed E-state index contributed by atoms with van der Waals surface area (Å²) in [5, 5.41) is 13.3. The van der Waals surface area contributed by atoms with Crippen molar-refractivity contribution in [2.24, 2.45) is 5.73 Å². The van der Waals surface area contributed by atoms with Gasteiger partial charge in [-0.3, -0.25) is 0 Å². The van der Waals surface area contributed by atoms with Gasteiger partial charge in [0.1, 0.15) is 12.2 Å². The number of ether oxygens (including phenoxy) is 1. The third kappa shape index (κ3) is 2.98. The maximum atomic E-state index is 9.54. The first-order valence-corrected chi connectivity index (χ1v) is 4.97. The van der Waals surface area contributed by atoms with Crippen molar-refractivity contribution in [1.82, 2.24) is 10.1 Å². The zero-order chi connectivity index (χ0) is 11.3. The topological polar surface area (TPSA) is 94.4 Å². The van der Waals surface area contributed by atoms with Crippen LogP contribution in [-0.4, -0.2) is 28.9 Å². The fraction of sp³-hybridized carbons (Fsp3) is 0.778. The quantitative estimate of drug-likeness (QED) is 0.719. The SMILES string of the molecule is CCC(OC)c1noc(C(O)CCN)n1. The predicted molar refractivity (Wildman–Crippen MR) is 53.0 cm³/mol. The van der Waals surface area contributed by atoms with Crippen molar-refractivity contribution in [2.45, 2.75) is 32.0 Å². The van der Waals surface area contributed by atoms with E-state index in [1.165, 1.54) is 0 Å². The lowest BCUT2D eigenvalue weighted by molar-refractivity contribution is 0.0901. The smallest absolute Gasteiger partial charge is 0.255 e. The molecule has 0 spiro atoms. The highest BCUT2D eigenvalue weighted by Gasteiger charge is 2.19. The van der Waals surface area contributed by atoms with Gasteiger partial charge < -0.3 is 20.1 Å². The molecule has 1 aromatic rings. The lowest BCUT2D eigenvalue weighted by Crippen LogP contribution is -2.07. The van der Waals surface area contributed by atoms with Crippen LogP contribution in [0.2, 0.25) is 0 Å². The van der Waals surface area contributed by atoms with Crippen molar-refractivity contribution in [1.29, 1.82) is 0 Å². The first kappa shape index (κ1) is 12.1. The van der Waals surface area contributed by atoms with Gasteiger partial charge in [-0.1, -0.05) is 12.1 Å². The summed E-state index contributed by atoms with van der Waals surface area (Å²) in [6, 6.07) is 0. The maximum Gasteiger partial charge on any atom is 0.255 e. The summed E-state index contributed by atoms with van der Waals surface area (Å²) in [5.74, 6) is 0.664. The molecule has 0 saturated carbocycles. The Kier molecular flexibility index (Phi) is 4.67. The molecule has 15 heavy (non-hydrogen) atoms. The minimum atomic E-state index is -0.786. The van der Waals surface area contributed by atoms with Gasteiger partial charge in [-0.05, 0) is 19.4 Å². The summed E-state index contributed by atoms with van der Waals surface area (Å²) in [5.41, 5.74) is 5.31. The molecule has 0 amide bonds. The van der Waals surface area contributed by atoms with Crippen LogP contribution in [0, 0.1) is 0 Å². The Morgan fingerprint density at radius 1 is 1.60 bits per heavy atom. The first-order valence-electron chi connectivity index (χ1n) is 4.97. The normalized spacial score (nSPS) is 15.2. The summed E-state index contributed by atoms with van der Waals surface area (Å²) < 4.78 is 10.1. The number of nitrogens with zero attached hydrogens (tertiary/aromatic N) is 2. The molecule has 1 aromatic heterocycles. The summed E-state index contributed by atoms with van der Waals surface area (Å²) in [6.07, 6.45) is 0.187. The van der Waals surface area contributed by atoms with Crippen LogP contribution in [0.1, 0.15) is 43.7 Å². The third-order valence-corrected chi connectivity index (χ3v) is 2.13. The van der Waals surface area contributed by atoms with E-state index in [9.17, 15) is 5.11 Å². The summed E-state index contributed by atoms with van der Waals surface area (Å²) in [6.45, 7) is 2.33. The number of aliphatic hydroxyl groups is 1. The minimum Gasteiger partial charge on any atom is -0.383 e. The predicted octanol–water partition coefficient (Wildman–Crippen LogP) is 0.549. The van der Waals surface area contributed by atoms with Gasteiger partial charge in [-0.15, -0.1) is 0 Å². The molecule has 1 rings (SSSR count). The van der Waals surface area contributed by atoms with E-state index in [2.05, 4.69) is 10.1 Å². The van der Waals surface area contributed by atoms with Gasteiger partial charge in [0.2, 0.25) is 5.82 Å². The first-order chi connectivity index (χ1) is 7.22. The van der Waals surface area contributed by atoms with E-state index in [4.69, 9.17) is 15.0 Å². The van der Waals surface area contributed by atoms with Crippen molar-refractivity contribution in [2.75, 3.05) is 13.7 Å². The van der Waals surface area contributed by atoms with E-state index in [0.29, 0.717) is 18.8 Å². The summed E-state index contributed by atoms with van der Waals surface area (Å²) >= 11 is 0. The van der Waals surface area contributed by atoms with Crippen LogP contribution in [0.5, 0.6) is 0 Å². The number of rotatable bonds is 6. The van der Waals surface area contributed by atoms with E-state index in [0.717, 1.165) is 6.42 Å². The Hall–Kier alpha value is -0.980. The zero-order valence-corrected chi connectivity index (χ0v) is 9.01. The van der Waals surface area contributed by atoms with Crippen molar-refractivity contribution in [3.8, 4) is 0 Å². The molecule has 0 fully saturated rings. The van der Waals surface area contributed by atoms with Crippen LogP contribution in [0.25, 0.3) is 0 Å². The van der Waals surface area contributed by atoms with Crippen LogP contribution >= 0.6 is 0 Å². The van der Waals surface area contributed by atoms with Gasteiger partial charge in [0.05, 0.1) is 0 Å². The second-order valence-corrected chi connectivity index (χ2v) is 3.22. The van der Waals surface area contributed by atoms with E-state index >= 15 is 0 Å². The Bertz CT molecular complexity index is 286. The summed E-state index contributed by atoms with van der Waals surface area (Å²) in [7, 11) is 1.58.